The van der Waals surface area contributed by atoms with E-state index in [9.17, 15) is 24.6 Å². The van der Waals surface area contributed by atoms with E-state index in [0.29, 0.717) is 0 Å². The number of aliphatic hydroxyl groups excluding tert-OH is 2. The molecule has 0 aliphatic carbocycles. The third kappa shape index (κ3) is 3.90. The lowest BCUT2D eigenvalue weighted by Crippen LogP contribution is -2.39. The molecule has 24 heavy (non-hydrogen) atoms. The third-order valence-corrected chi connectivity index (χ3v) is 3.55. The molecule has 2 rings (SSSR count). The zero-order valence-corrected chi connectivity index (χ0v) is 13.2. The summed E-state index contributed by atoms with van der Waals surface area (Å²) in [5, 5.41) is 19.4. The number of nitrogens with one attached hydrogen (secondary N) is 1. The maximum Gasteiger partial charge on any atom is 0.330 e. The fourth-order valence-corrected chi connectivity index (χ4v) is 2.24. The van der Waals surface area contributed by atoms with Crippen molar-refractivity contribution in [2.75, 3.05) is 13.4 Å². The van der Waals surface area contributed by atoms with Gasteiger partial charge in [-0.15, -0.1) is 0 Å². The predicted octanol–water partition coefficient (Wildman–Crippen LogP) is -1.67. The SMILES string of the molecule is CC(C)C(=O)OCO[C@@H]1[C@H](O)[C@@H](CO)O[C@H]1n1ccc(=O)[nH]c1=O. The minimum atomic E-state index is -1.25. The maximum atomic E-state index is 11.9. The first kappa shape index (κ1) is 18.3. The van der Waals surface area contributed by atoms with E-state index in [4.69, 9.17) is 14.2 Å². The Balaban J connectivity index is 2.16. The van der Waals surface area contributed by atoms with E-state index in [2.05, 4.69) is 4.98 Å². The van der Waals surface area contributed by atoms with Gasteiger partial charge in [0.15, 0.2) is 13.0 Å². The summed E-state index contributed by atoms with van der Waals surface area (Å²) >= 11 is 0. The van der Waals surface area contributed by atoms with Crippen LogP contribution in [0.1, 0.15) is 20.1 Å². The number of carbonyl (C=O) groups is 1. The van der Waals surface area contributed by atoms with Crippen LogP contribution >= 0.6 is 0 Å². The minimum absolute atomic E-state index is 0.346. The highest BCUT2D eigenvalue weighted by Gasteiger charge is 2.45. The number of rotatable bonds is 6. The molecule has 0 saturated carbocycles. The number of H-pyrrole nitrogens is 1. The van der Waals surface area contributed by atoms with Gasteiger partial charge in [-0.1, -0.05) is 13.8 Å². The smallest absolute Gasteiger partial charge is 0.330 e. The first-order valence-corrected chi connectivity index (χ1v) is 7.39. The second kappa shape index (κ2) is 7.71. The molecule has 0 radical (unpaired) electrons. The van der Waals surface area contributed by atoms with E-state index in [1.54, 1.807) is 13.8 Å². The Morgan fingerprint density at radius 3 is 2.75 bits per heavy atom. The van der Waals surface area contributed by atoms with E-state index in [-0.39, 0.29) is 5.92 Å². The van der Waals surface area contributed by atoms with Crippen molar-refractivity contribution in [1.82, 2.24) is 9.55 Å². The normalized spacial score (nSPS) is 26.7. The van der Waals surface area contributed by atoms with Crippen LogP contribution in [0.3, 0.4) is 0 Å². The fourth-order valence-electron chi connectivity index (χ4n) is 2.24. The molecule has 3 N–H and O–H groups in total. The van der Waals surface area contributed by atoms with Gasteiger partial charge in [-0.2, -0.15) is 0 Å². The molecule has 134 valence electrons. The highest BCUT2D eigenvalue weighted by Crippen LogP contribution is 2.30. The number of aromatic nitrogens is 2. The van der Waals surface area contributed by atoms with Crippen LogP contribution in [0.4, 0.5) is 0 Å². The van der Waals surface area contributed by atoms with Gasteiger partial charge in [0.25, 0.3) is 5.56 Å². The Bertz CT molecular complexity index is 682. The van der Waals surface area contributed by atoms with Crippen LogP contribution in [0.5, 0.6) is 0 Å². The molecule has 2 heterocycles. The Labute approximate surface area is 136 Å². The average Bonchev–Trinajstić information content (AvgIpc) is 2.83. The highest BCUT2D eigenvalue weighted by molar-refractivity contribution is 5.71. The lowest BCUT2D eigenvalue weighted by atomic mass is 10.1. The van der Waals surface area contributed by atoms with Crippen molar-refractivity contribution in [2.45, 2.75) is 38.4 Å². The number of nitrogens with zero attached hydrogens (tertiary/aromatic N) is 1. The van der Waals surface area contributed by atoms with Gasteiger partial charge in [-0.25, -0.2) is 4.79 Å². The van der Waals surface area contributed by atoms with Crippen LogP contribution in [0, 0.1) is 5.92 Å². The first-order valence-electron chi connectivity index (χ1n) is 7.39. The zero-order valence-electron chi connectivity index (χ0n) is 13.2. The van der Waals surface area contributed by atoms with Crippen molar-refractivity contribution in [3.63, 3.8) is 0 Å². The zero-order chi connectivity index (χ0) is 17.9. The number of esters is 1. The van der Waals surface area contributed by atoms with Crippen LogP contribution in [0.2, 0.25) is 0 Å². The third-order valence-electron chi connectivity index (χ3n) is 3.55. The molecule has 10 heteroatoms. The number of aliphatic hydroxyl groups is 2. The molecule has 4 atom stereocenters. The average molecular weight is 344 g/mol. The lowest BCUT2D eigenvalue weighted by Gasteiger charge is -2.22. The molecule has 0 amide bonds. The van der Waals surface area contributed by atoms with Crippen LogP contribution in [-0.4, -0.2) is 57.4 Å². The van der Waals surface area contributed by atoms with E-state index in [1.807, 2.05) is 0 Å². The van der Waals surface area contributed by atoms with Gasteiger partial charge in [-0.05, 0) is 0 Å². The molecule has 1 aromatic heterocycles. The molecular weight excluding hydrogens is 324 g/mol. The number of hydrogen-bond acceptors (Lipinski definition) is 8. The van der Waals surface area contributed by atoms with Crippen molar-refractivity contribution < 1.29 is 29.2 Å². The Morgan fingerprint density at radius 1 is 1.46 bits per heavy atom. The molecule has 0 aromatic carbocycles. The van der Waals surface area contributed by atoms with E-state index < -0.39 is 55.2 Å². The van der Waals surface area contributed by atoms with Crippen LogP contribution in [0.25, 0.3) is 0 Å². The topological polar surface area (TPSA) is 140 Å². The van der Waals surface area contributed by atoms with Crippen molar-refractivity contribution >= 4 is 5.97 Å². The molecule has 0 bridgehead atoms. The number of carbonyl (C=O) groups excluding carboxylic acids is 1. The highest BCUT2D eigenvalue weighted by atomic mass is 16.7. The molecule has 1 aromatic rings. The van der Waals surface area contributed by atoms with Gasteiger partial charge < -0.3 is 24.4 Å². The molecule has 1 aliphatic rings. The van der Waals surface area contributed by atoms with Gasteiger partial charge in [0.1, 0.15) is 18.3 Å². The number of ether oxygens (including phenoxy) is 3. The van der Waals surface area contributed by atoms with Gasteiger partial charge in [0, 0.05) is 12.3 Å². The molecule has 0 spiro atoms. The molecule has 1 saturated heterocycles. The molecule has 0 unspecified atom stereocenters. The van der Waals surface area contributed by atoms with Gasteiger partial charge in [-0.3, -0.25) is 19.1 Å². The van der Waals surface area contributed by atoms with Gasteiger partial charge >= 0.3 is 11.7 Å². The monoisotopic (exact) mass is 344 g/mol. The minimum Gasteiger partial charge on any atom is -0.438 e. The van der Waals surface area contributed by atoms with Crippen LogP contribution in [-0.2, 0) is 19.0 Å². The van der Waals surface area contributed by atoms with Gasteiger partial charge in [0.05, 0.1) is 12.5 Å². The van der Waals surface area contributed by atoms with Crippen molar-refractivity contribution in [1.29, 1.82) is 0 Å². The summed E-state index contributed by atoms with van der Waals surface area (Å²) < 4.78 is 16.7. The van der Waals surface area contributed by atoms with Crippen molar-refractivity contribution in [3.8, 4) is 0 Å². The summed E-state index contributed by atoms with van der Waals surface area (Å²) in [5.41, 5.74) is -1.34. The quantitative estimate of drug-likeness (QED) is 0.411. The Morgan fingerprint density at radius 2 is 2.17 bits per heavy atom. The predicted molar refractivity (Wildman–Crippen MR) is 79.0 cm³/mol. The summed E-state index contributed by atoms with van der Waals surface area (Å²) in [4.78, 5) is 36.5. The lowest BCUT2D eigenvalue weighted by molar-refractivity contribution is -0.174. The van der Waals surface area contributed by atoms with E-state index in [0.717, 1.165) is 10.6 Å². The Hall–Kier alpha value is -2.01. The summed E-state index contributed by atoms with van der Waals surface area (Å²) in [6.45, 7) is 2.36. The van der Waals surface area contributed by atoms with E-state index >= 15 is 0 Å². The summed E-state index contributed by atoms with van der Waals surface area (Å²) in [6.07, 6.45) is -3.23. The first-order chi connectivity index (χ1) is 11.3. The summed E-state index contributed by atoms with van der Waals surface area (Å²) in [5.74, 6) is -0.832. The fraction of sp³-hybridized carbons (Fsp3) is 0.643. The number of hydrogen-bond donors (Lipinski definition) is 3. The van der Waals surface area contributed by atoms with E-state index in [1.165, 1.54) is 6.20 Å². The molecule has 1 aliphatic heterocycles. The largest absolute Gasteiger partial charge is 0.438 e. The standard InChI is InChI=1S/C14H20N2O8/c1-7(2)13(20)23-6-22-11-10(19)8(5-17)24-12(11)16-4-3-9(18)15-14(16)21/h3-4,7-8,10-12,17,19H,5-6H2,1-2H3,(H,15,18,21)/t8-,10-,11-,12-/m1/s1. The summed E-state index contributed by atoms with van der Waals surface area (Å²) in [7, 11) is 0. The Kier molecular flexibility index (Phi) is 5.89. The van der Waals surface area contributed by atoms with Crippen LogP contribution in [0.15, 0.2) is 21.9 Å². The molecule has 1 fully saturated rings. The summed E-state index contributed by atoms with van der Waals surface area (Å²) in [6, 6.07) is 1.11. The second-order valence-corrected chi connectivity index (χ2v) is 5.62. The van der Waals surface area contributed by atoms with Gasteiger partial charge in [0.2, 0.25) is 0 Å². The van der Waals surface area contributed by atoms with Crippen molar-refractivity contribution in [3.05, 3.63) is 33.1 Å². The maximum absolute atomic E-state index is 11.9. The molecule has 10 nitrogen and oxygen atoms in total. The number of aromatic amines is 1. The van der Waals surface area contributed by atoms with Crippen molar-refractivity contribution in [2.24, 2.45) is 5.92 Å². The van der Waals surface area contributed by atoms with Crippen LogP contribution < -0.4 is 11.2 Å². The molecular formula is C14H20N2O8. The second-order valence-electron chi connectivity index (χ2n) is 5.62.